The van der Waals surface area contributed by atoms with Gasteiger partial charge in [0.05, 0.1) is 14.2 Å². The fourth-order valence-corrected chi connectivity index (χ4v) is 2.92. The van der Waals surface area contributed by atoms with Gasteiger partial charge in [-0.3, -0.25) is 9.59 Å². The Balaban J connectivity index is 1.98. The Morgan fingerprint density at radius 2 is 1.79 bits per heavy atom. The van der Waals surface area contributed by atoms with E-state index in [1.807, 2.05) is 0 Å². The maximum Gasteiger partial charge on any atom is 0.242 e. The Labute approximate surface area is 167 Å². The minimum atomic E-state index is -0.650. The SMILES string of the molecule is COc1ccc(C(=O)c2oc3ccc(NC(=O)C(C)Cl)cc3c2C)cc1OC. The number of nitrogens with one attached hydrogen (secondary N) is 1. The predicted octanol–water partition coefficient (Wildman–Crippen LogP) is 4.56. The first-order valence-corrected chi connectivity index (χ1v) is 9.04. The van der Waals surface area contributed by atoms with Crippen LogP contribution in [0.25, 0.3) is 11.0 Å². The monoisotopic (exact) mass is 401 g/mol. The van der Waals surface area contributed by atoms with Gasteiger partial charge in [0.15, 0.2) is 17.3 Å². The molecule has 2 aromatic carbocycles. The summed E-state index contributed by atoms with van der Waals surface area (Å²) in [5.41, 5.74) is 2.24. The van der Waals surface area contributed by atoms with Gasteiger partial charge in [-0.1, -0.05) is 0 Å². The first-order valence-electron chi connectivity index (χ1n) is 8.60. The molecule has 7 heteroatoms. The zero-order valence-electron chi connectivity index (χ0n) is 16.0. The quantitative estimate of drug-likeness (QED) is 0.484. The van der Waals surface area contributed by atoms with E-state index < -0.39 is 5.38 Å². The number of rotatable bonds is 6. The molecule has 0 saturated carbocycles. The van der Waals surface area contributed by atoms with Crippen LogP contribution in [-0.4, -0.2) is 31.3 Å². The zero-order chi connectivity index (χ0) is 20.4. The normalized spacial score (nSPS) is 11.9. The summed E-state index contributed by atoms with van der Waals surface area (Å²) < 4.78 is 16.3. The molecular formula is C21H20ClNO5. The highest BCUT2D eigenvalue weighted by Crippen LogP contribution is 2.32. The molecule has 1 amide bonds. The number of hydrogen-bond donors (Lipinski definition) is 1. The second kappa shape index (κ2) is 7.94. The van der Waals surface area contributed by atoms with Gasteiger partial charge in [0.1, 0.15) is 11.0 Å². The van der Waals surface area contributed by atoms with E-state index >= 15 is 0 Å². The maximum atomic E-state index is 13.0. The average Bonchev–Trinajstić information content (AvgIpc) is 3.02. The standard InChI is InChI=1S/C21H20ClNO5/c1-11-15-10-14(23-21(25)12(2)22)6-8-16(15)28-20(11)19(24)13-5-7-17(26-3)18(9-13)27-4/h5-10,12H,1-4H3,(H,23,25). The summed E-state index contributed by atoms with van der Waals surface area (Å²) in [6.45, 7) is 3.40. The summed E-state index contributed by atoms with van der Waals surface area (Å²) in [5, 5.41) is 2.82. The van der Waals surface area contributed by atoms with E-state index in [0.717, 1.165) is 5.39 Å². The number of alkyl halides is 1. The number of hydrogen-bond acceptors (Lipinski definition) is 5. The molecule has 28 heavy (non-hydrogen) atoms. The number of benzene rings is 2. The second-order valence-electron chi connectivity index (χ2n) is 6.27. The lowest BCUT2D eigenvalue weighted by Gasteiger charge is -2.08. The van der Waals surface area contributed by atoms with Crippen molar-refractivity contribution in [2.24, 2.45) is 0 Å². The molecule has 0 spiro atoms. The second-order valence-corrected chi connectivity index (χ2v) is 6.93. The summed E-state index contributed by atoms with van der Waals surface area (Å²) in [6.07, 6.45) is 0. The Hall–Kier alpha value is -2.99. The van der Waals surface area contributed by atoms with Crippen molar-refractivity contribution in [1.82, 2.24) is 0 Å². The molecular weight excluding hydrogens is 382 g/mol. The fraction of sp³-hybridized carbons (Fsp3) is 0.238. The van der Waals surface area contributed by atoms with Crippen LogP contribution in [0, 0.1) is 6.92 Å². The molecule has 6 nitrogen and oxygen atoms in total. The molecule has 0 saturated heterocycles. The summed E-state index contributed by atoms with van der Waals surface area (Å²) in [6, 6.07) is 10.1. The van der Waals surface area contributed by atoms with E-state index in [2.05, 4.69) is 5.32 Å². The molecule has 1 aromatic heterocycles. The van der Waals surface area contributed by atoms with Gasteiger partial charge in [0.2, 0.25) is 11.7 Å². The van der Waals surface area contributed by atoms with Crippen LogP contribution in [-0.2, 0) is 4.79 Å². The highest BCUT2D eigenvalue weighted by Gasteiger charge is 2.21. The summed E-state index contributed by atoms with van der Waals surface area (Å²) in [7, 11) is 3.04. The number of ether oxygens (including phenoxy) is 2. The number of ketones is 1. The van der Waals surface area contributed by atoms with E-state index in [4.69, 9.17) is 25.5 Å². The number of aryl methyl sites for hydroxylation is 1. The molecule has 0 aliphatic rings. The largest absolute Gasteiger partial charge is 0.493 e. The van der Waals surface area contributed by atoms with Crippen molar-refractivity contribution in [3.8, 4) is 11.5 Å². The lowest BCUT2D eigenvalue weighted by atomic mass is 10.0. The fourth-order valence-electron chi connectivity index (χ4n) is 2.87. The zero-order valence-corrected chi connectivity index (χ0v) is 16.7. The highest BCUT2D eigenvalue weighted by atomic mass is 35.5. The number of fused-ring (bicyclic) bond motifs is 1. The summed E-state index contributed by atoms with van der Waals surface area (Å²) in [5.74, 6) is 0.659. The van der Waals surface area contributed by atoms with Crippen LogP contribution >= 0.6 is 11.6 Å². The van der Waals surface area contributed by atoms with Crippen LogP contribution in [0.5, 0.6) is 11.5 Å². The summed E-state index contributed by atoms with van der Waals surface area (Å²) >= 11 is 5.79. The van der Waals surface area contributed by atoms with Crippen LogP contribution in [0.2, 0.25) is 0 Å². The third kappa shape index (κ3) is 3.68. The number of amides is 1. The predicted molar refractivity (Wildman–Crippen MR) is 108 cm³/mol. The Morgan fingerprint density at radius 3 is 2.43 bits per heavy atom. The van der Waals surface area contributed by atoms with Crippen molar-refractivity contribution in [1.29, 1.82) is 0 Å². The molecule has 0 bridgehead atoms. The Bertz CT molecular complexity index is 1050. The number of furan rings is 1. The molecule has 0 radical (unpaired) electrons. The van der Waals surface area contributed by atoms with Crippen LogP contribution < -0.4 is 14.8 Å². The molecule has 3 rings (SSSR count). The minimum Gasteiger partial charge on any atom is -0.493 e. The first-order chi connectivity index (χ1) is 13.3. The molecule has 0 fully saturated rings. The molecule has 0 aliphatic heterocycles. The molecule has 1 N–H and O–H groups in total. The number of anilines is 1. The lowest BCUT2D eigenvalue weighted by molar-refractivity contribution is -0.115. The molecule has 1 unspecified atom stereocenters. The third-order valence-corrected chi connectivity index (χ3v) is 4.62. The van der Waals surface area contributed by atoms with Gasteiger partial charge in [0.25, 0.3) is 0 Å². The van der Waals surface area contributed by atoms with Gasteiger partial charge in [-0.15, -0.1) is 11.6 Å². The van der Waals surface area contributed by atoms with Crippen molar-refractivity contribution in [2.45, 2.75) is 19.2 Å². The lowest BCUT2D eigenvalue weighted by Crippen LogP contribution is -2.20. The third-order valence-electron chi connectivity index (χ3n) is 4.42. The molecule has 146 valence electrons. The molecule has 1 atom stereocenters. The van der Waals surface area contributed by atoms with Crippen LogP contribution in [0.15, 0.2) is 40.8 Å². The van der Waals surface area contributed by atoms with Crippen LogP contribution in [0.3, 0.4) is 0 Å². The van der Waals surface area contributed by atoms with E-state index in [1.54, 1.807) is 50.2 Å². The Morgan fingerprint density at radius 1 is 1.07 bits per heavy atom. The van der Waals surface area contributed by atoms with Gasteiger partial charge in [0, 0.05) is 22.2 Å². The average molecular weight is 402 g/mol. The van der Waals surface area contributed by atoms with Gasteiger partial charge in [-0.05, 0) is 50.2 Å². The van der Waals surface area contributed by atoms with Gasteiger partial charge in [-0.25, -0.2) is 0 Å². The van der Waals surface area contributed by atoms with Gasteiger partial charge >= 0.3 is 0 Å². The number of carbonyl (C=O) groups is 2. The molecule has 0 aliphatic carbocycles. The van der Waals surface area contributed by atoms with Crippen molar-refractivity contribution < 1.29 is 23.5 Å². The Kier molecular flexibility index (Phi) is 5.61. The van der Waals surface area contributed by atoms with Gasteiger partial charge in [-0.2, -0.15) is 0 Å². The number of carbonyl (C=O) groups excluding carboxylic acids is 2. The number of halogens is 1. The van der Waals surface area contributed by atoms with E-state index in [1.165, 1.54) is 14.2 Å². The van der Waals surface area contributed by atoms with E-state index in [-0.39, 0.29) is 17.5 Å². The van der Waals surface area contributed by atoms with Gasteiger partial charge < -0.3 is 19.2 Å². The highest BCUT2D eigenvalue weighted by molar-refractivity contribution is 6.32. The van der Waals surface area contributed by atoms with Crippen molar-refractivity contribution >= 4 is 39.9 Å². The van der Waals surface area contributed by atoms with Crippen molar-refractivity contribution in [2.75, 3.05) is 19.5 Å². The smallest absolute Gasteiger partial charge is 0.242 e. The minimum absolute atomic E-state index is 0.233. The van der Waals surface area contributed by atoms with E-state index in [9.17, 15) is 9.59 Å². The van der Waals surface area contributed by atoms with Crippen LogP contribution in [0.1, 0.15) is 28.6 Å². The van der Waals surface area contributed by atoms with Crippen molar-refractivity contribution in [3.63, 3.8) is 0 Å². The summed E-state index contributed by atoms with van der Waals surface area (Å²) in [4.78, 5) is 24.8. The first kappa shape index (κ1) is 19.8. The van der Waals surface area contributed by atoms with Crippen LogP contribution in [0.4, 0.5) is 5.69 Å². The molecule has 3 aromatic rings. The molecule has 1 heterocycles. The van der Waals surface area contributed by atoms with Crippen molar-refractivity contribution in [3.05, 3.63) is 53.3 Å². The van der Waals surface area contributed by atoms with E-state index in [0.29, 0.717) is 33.9 Å². The topological polar surface area (TPSA) is 77.8 Å². The maximum absolute atomic E-state index is 13.0. The number of methoxy groups -OCH3 is 2.